The lowest BCUT2D eigenvalue weighted by molar-refractivity contribution is -0.143. The average molecular weight is 876 g/mol. The Labute approximate surface area is 367 Å². The zero-order valence-electron chi connectivity index (χ0n) is 35.7. The molecule has 336 valence electrons. The van der Waals surface area contributed by atoms with E-state index in [9.17, 15) is 38.7 Å². The van der Waals surface area contributed by atoms with Gasteiger partial charge in [-0.05, 0) is 35.8 Å². The van der Waals surface area contributed by atoms with E-state index in [0.29, 0.717) is 36.9 Å². The Morgan fingerprint density at radius 1 is 0.758 bits per heavy atom. The topological polar surface area (TPSA) is 258 Å². The Hall–Kier alpha value is -5.75. The number of imidazole rings is 1. The molecule has 17 nitrogen and oxygen atoms in total. The third-order valence-corrected chi connectivity index (χ3v) is 11.7. The number of thiol groups is 1. The third kappa shape index (κ3) is 13.9. The minimum atomic E-state index is -1.26. The molecular formula is C44H61N9O8S. The summed E-state index contributed by atoms with van der Waals surface area (Å²) in [4.78, 5) is 103. The molecule has 0 aliphatic carbocycles. The van der Waals surface area contributed by atoms with E-state index in [1.807, 2.05) is 44.2 Å². The van der Waals surface area contributed by atoms with E-state index in [0.717, 1.165) is 5.56 Å². The van der Waals surface area contributed by atoms with E-state index < -0.39 is 95.5 Å². The molecule has 4 rings (SSSR count). The number of aliphatic carboxylic acids is 1. The van der Waals surface area contributed by atoms with Gasteiger partial charge in [0.05, 0.1) is 12.4 Å². The molecule has 3 aromatic rings. The molecular weight excluding hydrogens is 815 g/mol. The Morgan fingerprint density at radius 3 is 1.81 bits per heavy atom. The second-order valence-electron chi connectivity index (χ2n) is 15.9. The normalized spacial score (nSPS) is 17.5. The van der Waals surface area contributed by atoms with Crippen molar-refractivity contribution in [3.05, 3.63) is 90.0 Å². The number of benzene rings is 2. The molecule has 1 aliphatic heterocycles. The number of likely N-dealkylation sites (tertiary alicyclic amines) is 1. The van der Waals surface area contributed by atoms with Crippen molar-refractivity contribution in [2.45, 2.75) is 115 Å². The summed E-state index contributed by atoms with van der Waals surface area (Å²) in [7, 11) is 0. The molecule has 0 spiro atoms. The minimum Gasteiger partial charge on any atom is -0.480 e. The summed E-state index contributed by atoms with van der Waals surface area (Å²) in [6.07, 6.45) is 5.13. The van der Waals surface area contributed by atoms with Crippen LogP contribution in [0.1, 0.15) is 70.2 Å². The summed E-state index contributed by atoms with van der Waals surface area (Å²) in [6.45, 7) is 7.42. The molecule has 2 heterocycles. The maximum atomic E-state index is 14.3. The zero-order chi connectivity index (χ0) is 45.3. The van der Waals surface area contributed by atoms with Gasteiger partial charge in [0.1, 0.15) is 36.3 Å². The fraction of sp³-hybridized carbons (Fsp3) is 0.500. The van der Waals surface area contributed by atoms with Crippen molar-refractivity contribution in [2.24, 2.45) is 17.6 Å². The van der Waals surface area contributed by atoms with Crippen molar-refractivity contribution >= 4 is 54.0 Å². The number of hydrogen-bond donors (Lipinski definition) is 9. The molecule has 1 saturated heterocycles. The fourth-order valence-corrected chi connectivity index (χ4v) is 7.49. The summed E-state index contributed by atoms with van der Waals surface area (Å²) < 4.78 is 0. The smallest absolute Gasteiger partial charge is 0.326 e. The van der Waals surface area contributed by atoms with Gasteiger partial charge in [-0.15, -0.1) is 0 Å². The first-order valence-corrected chi connectivity index (χ1v) is 21.8. The Balaban J connectivity index is 1.45. The molecule has 0 bridgehead atoms. The van der Waals surface area contributed by atoms with E-state index >= 15 is 0 Å². The van der Waals surface area contributed by atoms with Gasteiger partial charge in [0.15, 0.2) is 0 Å². The molecule has 0 saturated carbocycles. The van der Waals surface area contributed by atoms with Crippen LogP contribution in [-0.2, 0) is 52.8 Å². The predicted octanol–water partition coefficient (Wildman–Crippen LogP) is 1.29. The molecule has 62 heavy (non-hydrogen) atoms. The summed E-state index contributed by atoms with van der Waals surface area (Å²) in [5.41, 5.74) is 8.36. The number of nitrogens with one attached hydrogen (secondary N) is 6. The summed E-state index contributed by atoms with van der Waals surface area (Å²) in [5.74, 6) is -5.89. The quantitative estimate of drug-likeness (QED) is 0.0617. The highest BCUT2D eigenvalue weighted by Gasteiger charge is 2.41. The predicted molar refractivity (Wildman–Crippen MR) is 235 cm³/mol. The van der Waals surface area contributed by atoms with Crippen LogP contribution in [0.15, 0.2) is 73.2 Å². The molecule has 1 aliphatic rings. The van der Waals surface area contributed by atoms with Crippen LogP contribution in [0.4, 0.5) is 0 Å². The van der Waals surface area contributed by atoms with E-state index in [1.165, 1.54) is 11.2 Å². The number of carbonyl (C=O) groups excluding carboxylic acids is 6. The maximum Gasteiger partial charge on any atom is 0.326 e. The Kier molecular flexibility index (Phi) is 19.0. The van der Waals surface area contributed by atoms with Crippen molar-refractivity contribution in [3.63, 3.8) is 0 Å². The standard InChI is InChI=1S/C44H61N9O8S/c1-5-26(3)36(41(57)49-33(44(60)61)21-29-16-11-8-12-17-29)51-39(55)34(24-62)50-42(58)37(27(4)6-2)52-40(56)35-18-13-19-53(35)43(59)32(20-28-14-9-7-10-15-28)48-38(54)31(45)22-30-23-46-25-47-30/h7-12,14-17,23,25-27,31-37,62H,5-6,13,18-22,24,45H2,1-4H3,(H,46,47)(H,48,54)(H,49,57)(H,50,58)(H,51,55)(H,52,56)(H,60,61)/t26-,27-,31-,32-,33-,34-,35-,36-,37-/m0/s1. The van der Waals surface area contributed by atoms with Gasteiger partial charge in [-0.1, -0.05) is 101 Å². The Morgan fingerprint density at radius 2 is 1.29 bits per heavy atom. The van der Waals surface area contributed by atoms with Crippen LogP contribution in [-0.4, -0.2) is 116 Å². The first kappa shape index (κ1) is 48.9. The molecule has 0 radical (unpaired) electrons. The number of aromatic amines is 1. The van der Waals surface area contributed by atoms with Crippen molar-refractivity contribution in [2.75, 3.05) is 12.3 Å². The van der Waals surface area contributed by atoms with Gasteiger partial charge in [-0.2, -0.15) is 12.6 Å². The molecule has 2 aromatic carbocycles. The lowest BCUT2D eigenvalue weighted by atomic mass is 9.96. The van der Waals surface area contributed by atoms with E-state index in [4.69, 9.17) is 5.73 Å². The van der Waals surface area contributed by atoms with Crippen molar-refractivity contribution in [1.29, 1.82) is 0 Å². The highest BCUT2D eigenvalue weighted by Crippen LogP contribution is 2.21. The van der Waals surface area contributed by atoms with Gasteiger partial charge in [0.25, 0.3) is 0 Å². The molecule has 1 aromatic heterocycles. The van der Waals surface area contributed by atoms with Gasteiger partial charge in [0.2, 0.25) is 35.4 Å². The first-order valence-electron chi connectivity index (χ1n) is 21.1. The zero-order valence-corrected chi connectivity index (χ0v) is 36.6. The minimum absolute atomic E-state index is 0.0285. The van der Waals surface area contributed by atoms with Crippen molar-refractivity contribution < 1.29 is 38.7 Å². The number of amides is 6. The van der Waals surface area contributed by atoms with Crippen LogP contribution in [0.2, 0.25) is 0 Å². The van der Waals surface area contributed by atoms with Gasteiger partial charge < -0.3 is 47.3 Å². The van der Waals surface area contributed by atoms with Crippen molar-refractivity contribution in [1.82, 2.24) is 41.5 Å². The molecule has 1 fully saturated rings. The van der Waals surface area contributed by atoms with Crippen LogP contribution in [0.3, 0.4) is 0 Å². The van der Waals surface area contributed by atoms with Gasteiger partial charge in [-0.25, -0.2) is 9.78 Å². The molecule has 0 unspecified atom stereocenters. The van der Waals surface area contributed by atoms with Gasteiger partial charge in [-0.3, -0.25) is 28.8 Å². The number of aromatic nitrogens is 2. The number of H-pyrrole nitrogens is 1. The highest BCUT2D eigenvalue weighted by atomic mass is 32.1. The van der Waals surface area contributed by atoms with E-state index in [-0.39, 0.29) is 31.6 Å². The highest BCUT2D eigenvalue weighted by molar-refractivity contribution is 7.80. The monoisotopic (exact) mass is 875 g/mol. The number of carbonyl (C=O) groups is 7. The number of carboxylic acid groups (broad SMARTS) is 1. The number of rotatable bonds is 23. The Bertz CT molecular complexity index is 1960. The third-order valence-electron chi connectivity index (χ3n) is 11.4. The maximum absolute atomic E-state index is 14.3. The van der Waals surface area contributed by atoms with E-state index in [1.54, 1.807) is 50.4 Å². The first-order chi connectivity index (χ1) is 29.7. The molecule has 9 atom stereocenters. The summed E-state index contributed by atoms with van der Waals surface area (Å²) in [5, 5.41) is 23.5. The summed E-state index contributed by atoms with van der Waals surface area (Å²) in [6, 6.07) is 10.2. The number of nitrogens with zero attached hydrogens (tertiary/aromatic N) is 2. The summed E-state index contributed by atoms with van der Waals surface area (Å²) >= 11 is 4.32. The second kappa shape index (κ2) is 24.0. The van der Waals surface area contributed by atoms with E-state index in [2.05, 4.69) is 49.2 Å². The molecule has 9 N–H and O–H groups in total. The number of hydrogen-bond acceptors (Lipinski definition) is 10. The van der Waals surface area contributed by atoms with Crippen molar-refractivity contribution in [3.8, 4) is 0 Å². The van der Waals surface area contributed by atoms with Crippen LogP contribution in [0.25, 0.3) is 0 Å². The van der Waals surface area contributed by atoms with Gasteiger partial charge in [0, 0.05) is 43.5 Å². The fourth-order valence-electron chi connectivity index (χ4n) is 7.23. The van der Waals surface area contributed by atoms with Crippen LogP contribution in [0, 0.1) is 11.8 Å². The molecule has 6 amide bonds. The number of nitrogens with two attached hydrogens (primary N) is 1. The number of carboxylic acids is 1. The lowest BCUT2D eigenvalue weighted by Crippen LogP contribution is -2.61. The second-order valence-corrected chi connectivity index (χ2v) is 16.3. The average Bonchev–Trinajstić information content (AvgIpc) is 3.99. The van der Waals surface area contributed by atoms with Crippen LogP contribution in [0.5, 0.6) is 0 Å². The van der Waals surface area contributed by atoms with Crippen LogP contribution < -0.4 is 32.3 Å². The lowest BCUT2D eigenvalue weighted by Gasteiger charge is -2.32. The largest absolute Gasteiger partial charge is 0.480 e. The van der Waals surface area contributed by atoms with Gasteiger partial charge >= 0.3 is 5.97 Å². The van der Waals surface area contributed by atoms with Crippen LogP contribution >= 0.6 is 12.6 Å². The SMILES string of the molecule is CC[C@H](C)[C@H](NC(=O)[C@H](CS)NC(=O)[C@@H](NC(=O)[C@@H]1CCCN1C(=O)[C@H](Cc1ccccc1)NC(=O)[C@@H](N)Cc1cnc[nH]1)[C@@H](C)CC)C(=O)N[C@@H](Cc1ccccc1)C(=O)O. The molecule has 18 heteroatoms.